The Bertz CT molecular complexity index is 824. The van der Waals surface area contributed by atoms with Crippen molar-refractivity contribution in [1.82, 2.24) is 0 Å². The maximum atomic E-state index is 13.2. The molecule has 0 unspecified atom stereocenters. The van der Waals surface area contributed by atoms with E-state index in [-0.39, 0.29) is 27.9 Å². The Labute approximate surface area is 133 Å². The molecule has 0 atom stereocenters. The van der Waals surface area contributed by atoms with Gasteiger partial charge in [0, 0.05) is 12.5 Å². The number of benzene rings is 1. The first-order valence-corrected chi connectivity index (χ1v) is 8.31. The molecule has 1 aromatic heterocycles. The number of hydrogen-bond donors (Lipinski definition) is 0. The molecule has 2 aliphatic carbocycles. The van der Waals surface area contributed by atoms with Crippen LogP contribution in [0.15, 0.2) is 33.5 Å². The van der Waals surface area contributed by atoms with Crippen LogP contribution >= 0.6 is 0 Å². The van der Waals surface area contributed by atoms with Gasteiger partial charge in [0.2, 0.25) is 0 Å². The normalized spacial score (nSPS) is 19.5. The maximum Gasteiger partial charge on any atom is 0.198 e. The average Bonchev–Trinajstić information content (AvgIpc) is 2.44. The number of carbonyl (C=O) groups excluding carboxylic acids is 1. The molecule has 1 aromatic carbocycles. The monoisotopic (exact) mass is 314 g/mol. The Balaban J connectivity index is 1.45. The van der Waals surface area contributed by atoms with Crippen LogP contribution in [0.4, 0.5) is 4.39 Å². The van der Waals surface area contributed by atoms with Gasteiger partial charge < -0.3 is 4.42 Å². The summed E-state index contributed by atoms with van der Waals surface area (Å²) >= 11 is 0. The minimum atomic E-state index is -0.487. The van der Waals surface area contributed by atoms with Crippen LogP contribution in [0.5, 0.6) is 0 Å². The SMILES string of the molecule is O=C(CCC1CC2(CCC2)C1)c1cc(=O)c2cc(F)ccc2o1. The second-order valence-electron chi connectivity index (χ2n) is 7.21. The Morgan fingerprint density at radius 2 is 2.04 bits per heavy atom. The van der Waals surface area contributed by atoms with E-state index in [9.17, 15) is 14.0 Å². The minimum Gasteiger partial charge on any atom is -0.453 e. The molecule has 4 heteroatoms. The van der Waals surface area contributed by atoms with E-state index >= 15 is 0 Å². The molecule has 2 fully saturated rings. The maximum absolute atomic E-state index is 13.2. The van der Waals surface area contributed by atoms with E-state index < -0.39 is 5.82 Å². The van der Waals surface area contributed by atoms with Gasteiger partial charge in [-0.15, -0.1) is 0 Å². The van der Waals surface area contributed by atoms with Gasteiger partial charge in [0.25, 0.3) is 0 Å². The minimum absolute atomic E-state index is 0.0896. The predicted molar refractivity (Wildman–Crippen MR) is 85.0 cm³/mol. The number of halogens is 1. The molecule has 2 aromatic rings. The van der Waals surface area contributed by atoms with Crippen LogP contribution in [0.1, 0.15) is 55.5 Å². The van der Waals surface area contributed by atoms with Crippen molar-refractivity contribution in [2.75, 3.05) is 0 Å². The summed E-state index contributed by atoms with van der Waals surface area (Å²) in [5.41, 5.74) is 0.512. The summed E-state index contributed by atoms with van der Waals surface area (Å²) in [6.07, 6.45) is 7.85. The molecule has 0 saturated heterocycles. The van der Waals surface area contributed by atoms with Crippen LogP contribution in [-0.4, -0.2) is 5.78 Å². The van der Waals surface area contributed by atoms with Gasteiger partial charge >= 0.3 is 0 Å². The topological polar surface area (TPSA) is 47.3 Å². The lowest BCUT2D eigenvalue weighted by Crippen LogP contribution is -2.42. The Morgan fingerprint density at radius 1 is 1.26 bits per heavy atom. The third-order valence-electron chi connectivity index (χ3n) is 5.60. The third kappa shape index (κ3) is 2.60. The third-order valence-corrected chi connectivity index (χ3v) is 5.60. The van der Waals surface area contributed by atoms with E-state index in [1.807, 2.05) is 0 Å². The molecule has 4 rings (SSSR count). The highest BCUT2D eigenvalue weighted by Crippen LogP contribution is 2.59. The molecule has 23 heavy (non-hydrogen) atoms. The van der Waals surface area contributed by atoms with Gasteiger partial charge in [0.05, 0.1) is 5.39 Å². The summed E-state index contributed by atoms with van der Waals surface area (Å²) in [6, 6.07) is 4.96. The molecular weight excluding hydrogens is 295 g/mol. The van der Waals surface area contributed by atoms with Crippen molar-refractivity contribution in [2.24, 2.45) is 11.3 Å². The van der Waals surface area contributed by atoms with Gasteiger partial charge in [-0.1, -0.05) is 6.42 Å². The van der Waals surface area contributed by atoms with Crippen LogP contribution in [0.3, 0.4) is 0 Å². The van der Waals surface area contributed by atoms with Gasteiger partial charge in [0.15, 0.2) is 17.0 Å². The number of rotatable bonds is 4. The Morgan fingerprint density at radius 3 is 2.74 bits per heavy atom. The molecule has 2 aliphatic rings. The lowest BCUT2D eigenvalue weighted by molar-refractivity contribution is -0.0277. The number of hydrogen-bond acceptors (Lipinski definition) is 3. The summed E-state index contributed by atoms with van der Waals surface area (Å²) in [5.74, 6) is 0.106. The fourth-order valence-corrected chi connectivity index (χ4v) is 4.18. The van der Waals surface area contributed by atoms with Crippen LogP contribution in [-0.2, 0) is 0 Å². The van der Waals surface area contributed by atoms with Crippen LogP contribution in [0, 0.1) is 17.2 Å². The summed E-state index contributed by atoms with van der Waals surface area (Å²) in [5, 5.41) is 0.174. The van der Waals surface area contributed by atoms with E-state index in [0.29, 0.717) is 17.8 Å². The molecule has 0 amide bonds. The molecule has 1 spiro atoms. The first-order chi connectivity index (χ1) is 11.0. The first kappa shape index (κ1) is 14.6. The van der Waals surface area contributed by atoms with E-state index in [2.05, 4.69) is 0 Å². The zero-order chi connectivity index (χ0) is 16.0. The van der Waals surface area contributed by atoms with E-state index in [1.165, 1.54) is 50.3 Å². The zero-order valence-electron chi connectivity index (χ0n) is 12.9. The molecule has 0 N–H and O–H groups in total. The number of fused-ring (bicyclic) bond motifs is 1. The smallest absolute Gasteiger partial charge is 0.198 e. The quantitative estimate of drug-likeness (QED) is 0.782. The lowest BCUT2D eigenvalue weighted by Gasteiger charge is -2.54. The average molecular weight is 314 g/mol. The fraction of sp³-hybridized carbons (Fsp3) is 0.474. The van der Waals surface area contributed by atoms with Gasteiger partial charge in [-0.3, -0.25) is 9.59 Å². The second kappa shape index (κ2) is 5.29. The first-order valence-electron chi connectivity index (χ1n) is 8.31. The summed E-state index contributed by atoms with van der Waals surface area (Å²) in [6.45, 7) is 0. The summed E-state index contributed by atoms with van der Waals surface area (Å²) in [4.78, 5) is 24.3. The highest BCUT2D eigenvalue weighted by molar-refractivity contribution is 5.94. The van der Waals surface area contributed by atoms with E-state index in [0.717, 1.165) is 12.5 Å². The molecular formula is C19H19FO3. The van der Waals surface area contributed by atoms with Crippen molar-refractivity contribution in [3.63, 3.8) is 0 Å². The standard InChI is InChI=1S/C19H19FO3/c20-13-3-5-17-14(8-13)16(22)9-18(23-17)15(21)4-2-12-10-19(11-12)6-1-7-19/h3,5,8-9,12H,1-2,4,6-7,10-11H2. The van der Waals surface area contributed by atoms with Crippen LogP contribution in [0.25, 0.3) is 11.0 Å². The molecule has 1 heterocycles. The number of carbonyl (C=O) groups is 1. The second-order valence-corrected chi connectivity index (χ2v) is 7.21. The van der Waals surface area contributed by atoms with Gasteiger partial charge in [-0.25, -0.2) is 4.39 Å². The summed E-state index contributed by atoms with van der Waals surface area (Å²) < 4.78 is 18.7. The van der Waals surface area contributed by atoms with Gasteiger partial charge in [-0.05, 0) is 61.6 Å². The Kier molecular flexibility index (Phi) is 3.36. The number of Topliss-reactive ketones (excluding diaryl/α,β-unsaturated/α-hetero) is 1. The largest absolute Gasteiger partial charge is 0.453 e. The van der Waals surface area contributed by atoms with Crippen molar-refractivity contribution >= 4 is 16.8 Å². The predicted octanol–water partition coefficient (Wildman–Crippen LogP) is 4.48. The Hall–Kier alpha value is -1.97. The molecule has 120 valence electrons. The highest BCUT2D eigenvalue weighted by atomic mass is 19.1. The van der Waals surface area contributed by atoms with Crippen molar-refractivity contribution in [2.45, 2.75) is 44.9 Å². The zero-order valence-corrected chi connectivity index (χ0v) is 12.9. The van der Waals surface area contributed by atoms with Gasteiger partial charge in [-0.2, -0.15) is 0 Å². The molecule has 3 nitrogen and oxygen atoms in total. The van der Waals surface area contributed by atoms with Crippen molar-refractivity contribution in [3.05, 3.63) is 46.1 Å². The van der Waals surface area contributed by atoms with E-state index in [4.69, 9.17) is 4.42 Å². The lowest BCUT2D eigenvalue weighted by atomic mass is 9.51. The van der Waals surface area contributed by atoms with Crippen molar-refractivity contribution in [3.8, 4) is 0 Å². The van der Waals surface area contributed by atoms with Gasteiger partial charge in [0.1, 0.15) is 11.4 Å². The van der Waals surface area contributed by atoms with Crippen molar-refractivity contribution in [1.29, 1.82) is 0 Å². The van der Waals surface area contributed by atoms with E-state index in [1.54, 1.807) is 0 Å². The molecule has 0 radical (unpaired) electrons. The van der Waals surface area contributed by atoms with Crippen LogP contribution < -0.4 is 5.43 Å². The van der Waals surface area contributed by atoms with Crippen molar-refractivity contribution < 1.29 is 13.6 Å². The fourth-order valence-electron chi connectivity index (χ4n) is 4.18. The molecule has 2 saturated carbocycles. The highest BCUT2D eigenvalue weighted by Gasteiger charge is 2.47. The molecule has 0 bridgehead atoms. The van der Waals surface area contributed by atoms with Crippen LogP contribution in [0.2, 0.25) is 0 Å². The summed E-state index contributed by atoms with van der Waals surface area (Å²) in [7, 11) is 0. The molecule has 0 aliphatic heterocycles. The number of ketones is 1.